The zero-order chi connectivity index (χ0) is 14.2. The van der Waals surface area contributed by atoms with Gasteiger partial charge in [-0.05, 0) is 6.42 Å². The SMILES string of the molecule is CCCC(CC(=O)O)NS(=O)(=O)CCC(=O)OC. The molecule has 0 fully saturated rings. The van der Waals surface area contributed by atoms with Gasteiger partial charge in [0.25, 0.3) is 0 Å². The highest BCUT2D eigenvalue weighted by Gasteiger charge is 2.20. The van der Waals surface area contributed by atoms with Crippen molar-refractivity contribution in [2.75, 3.05) is 12.9 Å². The topological polar surface area (TPSA) is 110 Å². The van der Waals surface area contributed by atoms with Crippen molar-refractivity contribution in [1.82, 2.24) is 4.72 Å². The molecule has 7 nitrogen and oxygen atoms in total. The fourth-order valence-corrected chi connectivity index (χ4v) is 2.66. The molecule has 0 aliphatic rings. The molecule has 0 spiro atoms. The van der Waals surface area contributed by atoms with Gasteiger partial charge in [-0.25, -0.2) is 13.1 Å². The van der Waals surface area contributed by atoms with Crippen molar-refractivity contribution in [2.24, 2.45) is 0 Å². The minimum atomic E-state index is -3.67. The zero-order valence-electron chi connectivity index (χ0n) is 10.5. The lowest BCUT2D eigenvalue weighted by molar-refractivity contribution is -0.140. The van der Waals surface area contributed by atoms with Crippen LogP contribution in [0.4, 0.5) is 0 Å². The van der Waals surface area contributed by atoms with Crippen molar-refractivity contribution >= 4 is 22.0 Å². The number of nitrogens with one attached hydrogen (secondary N) is 1. The summed E-state index contributed by atoms with van der Waals surface area (Å²) in [6.45, 7) is 1.83. The number of carbonyl (C=O) groups excluding carboxylic acids is 1. The summed E-state index contributed by atoms with van der Waals surface area (Å²) in [4.78, 5) is 21.4. The van der Waals surface area contributed by atoms with E-state index in [1.807, 2.05) is 6.92 Å². The van der Waals surface area contributed by atoms with E-state index < -0.39 is 33.8 Å². The largest absolute Gasteiger partial charge is 0.481 e. The van der Waals surface area contributed by atoms with E-state index in [1.165, 1.54) is 7.11 Å². The van der Waals surface area contributed by atoms with Gasteiger partial charge in [0.15, 0.2) is 0 Å². The highest BCUT2D eigenvalue weighted by Crippen LogP contribution is 2.05. The van der Waals surface area contributed by atoms with Crippen molar-refractivity contribution < 1.29 is 27.9 Å². The monoisotopic (exact) mass is 281 g/mol. The molecule has 0 aliphatic carbocycles. The third-order valence-corrected chi connectivity index (χ3v) is 3.64. The second-order valence-corrected chi connectivity index (χ2v) is 5.72. The summed E-state index contributed by atoms with van der Waals surface area (Å²) in [5.74, 6) is -2.09. The molecule has 0 bridgehead atoms. The second kappa shape index (κ2) is 8.04. The normalized spacial score (nSPS) is 13.0. The highest BCUT2D eigenvalue weighted by molar-refractivity contribution is 7.89. The smallest absolute Gasteiger partial charge is 0.306 e. The van der Waals surface area contributed by atoms with Crippen LogP contribution in [0.5, 0.6) is 0 Å². The van der Waals surface area contributed by atoms with Gasteiger partial charge in [-0.2, -0.15) is 0 Å². The lowest BCUT2D eigenvalue weighted by Crippen LogP contribution is -2.38. The Morgan fingerprint density at radius 1 is 1.39 bits per heavy atom. The van der Waals surface area contributed by atoms with E-state index in [1.54, 1.807) is 0 Å². The number of hydrogen-bond donors (Lipinski definition) is 2. The van der Waals surface area contributed by atoms with Crippen LogP contribution >= 0.6 is 0 Å². The van der Waals surface area contributed by atoms with Gasteiger partial charge in [0.05, 0.1) is 25.7 Å². The summed E-state index contributed by atoms with van der Waals surface area (Å²) >= 11 is 0. The number of carboxylic acids is 1. The molecule has 0 aromatic carbocycles. The molecule has 0 heterocycles. The Morgan fingerprint density at radius 3 is 2.44 bits per heavy atom. The maximum absolute atomic E-state index is 11.6. The summed E-state index contributed by atoms with van der Waals surface area (Å²) in [5.41, 5.74) is 0. The quantitative estimate of drug-likeness (QED) is 0.581. The number of carboxylic acid groups (broad SMARTS) is 1. The average Bonchev–Trinajstić information content (AvgIpc) is 2.25. The van der Waals surface area contributed by atoms with Crippen molar-refractivity contribution in [3.63, 3.8) is 0 Å². The second-order valence-electron chi connectivity index (χ2n) is 3.85. The number of rotatable bonds is 9. The van der Waals surface area contributed by atoms with Crippen LogP contribution in [-0.2, 0) is 24.3 Å². The Morgan fingerprint density at radius 2 is 2.00 bits per heavy atom. The Bertz CT molecular complexity index is 378. The first-order valence-corrected chi connectivity index (χ1v) is 7.24. The molecule has 1 unspecified atom stereocenters. The Balaban J connectivity index is 4.40. The van der Waals surface area contributed by atoms with Crippen molar-refractivity contribution in [3.8, 4) is 0 Å². The summed E-state index contributed by atoms with van der Waals surface area (Å²) in [5, 5.41) is 8.65. The van der Waals surface area contributed by atoms with Crippen LogP contribution < -0.4 is 4.72 Å². The predicted octanol–water partition coefficient (Wildman–Crippen LogP) is 0.112. The number of methoxy groups -OCH3 is 1. The maximum Gasteiger partial charge on any atom is 0.306 e. The van der Waals surface area contributed by atoms with E-state index in [0.717, 1.165) is 0 Å². The minimum Gasteiger partial charge on any atom is -0.481 e. The molecule has 2 N–H and O–H groups in total. The standard InChI is InChI=1S/C10H19NO6S/c1-3-4-8(7-9(12)13)11-18(15,16)6-5-10(14)17-2/h8,11H,3-7H2,1-2H3,(H,12,13). The van der Waals surface area contributed by atoms with Crippen LogP contribution in [0.15, 0.2) is 0 Å². The van der Waals surface area contributed by atoms with E-state index in [-0.39, 0.29) is 12.8 Å². The molecular weight excluding hydrogens is 262 g/mol. The first kappa shape index (κ1) is 16.9. The lowest BCUT2D eigenvalue weighted by atomic mass is 10.1. The molecule has 0 aliphatic heterocycles. The molecule has 18 heavy (non-hydrogen) atoms. The van der Waals surface area contributed by atoms with Crippen LogP contribution in [0.25, 0.3) is 0 Å². The molecule has 0 radical (unpaired) electrons. The first-order chi connectivity index (χ1) is 8.30. The Kier molecular flexibility index (Phi) is 7.53. The van der Waals surface area contributed by atoms with Crippen LogP contribution in [0.1, 0.15) is 32.6 Å². The third kappa shape index (κ3) is 8.02. The van der Waals surface area contributed by atoms with E-state index in [0.29, 0.717) is 12.8 Å². The van der Waals surface area contributed by atoms with Gasteiger partial charge in [-0.3, -0.25) is 9.59 Å². The van der Waals surface area contributed by atoms with Crippen LogP contribution in [0.3, 0.4) is 0 Å². The fourth-order valence-electron chi connectivity index (χ4n) is 1.39. The Labute approximate surface area is 107 Å². The molecule has 106 valence electrons. The molecule has 0 rings (SSSR count). The Hall–Kier alpha value is -1.15. The van der Waals surface area contributed by atoms with Gasteiger partial charge in [0, 0.05) is 6.04 Å². The summed E-state index contributed by atoms with van der Waals surface area (Å²) in [6, 6.07) is -0.643. The first-order valence-electron chi connectivity index (χ1n) is 5.59. The number of ether oxygens (including phenoxy) is 1. The van der Waals surface area contributed by atoms with E-state index in [9.17, 15) is 18.0 Å². The van der Waals surface area contributed by atoms with E-state index >= 15 is 0 Å². The van der Waals surface area contributed by atoms with E-state index in [2.05, 4.69) is 9.46 Å². The zero-order valence-corrected chi connectivity index (χ0v) is 11.3. The van der Waals surface area contributed by atoms with Crippen molar-refractivity contribution in [2.45, 2.75) is 38.6 Å². The van der Waals surface area contributed by atoms with Crippen LogP contribution in [-0.4, -0.2) is 44.4 Å². The molecule has 0 amide bonds. The van der Waals surface area contributed by atoms with Gasteiger partial charge in [-0.1, -0.05) is 13.3 Å². The number of sulfonamides is 1. The molecule has 8 heteroatoms. The molecule has 0 saturated carbocycles. The lowest BCUT2D eigenvalue weighted by Gasteiger charge is -2.15. The van der Waals surface area contributed by atoms with Gasteiger partial charge in [0.2, 0.25) is 10.0 Å². The number of aliphatic carboxylic acids is 1. The summed E-state index contributed by atoms with van der Waals surface area (Å²) < 4.78 is 29.8. The summed E-state index contributed by atoms with van der Waals surface area (Å²) in [6.07, 6.45) is 0.574. The molecule has 0 aromatic heterocycles. The molecule has 0 saturated heterocycles. The number of carbonyl (C=O) groups is 2. The van der Waals surface area contributed by atoms with Gasteiger partial charge < -0.3 is 9.84 Å². The minimum absolute atomic E-state index is 0.252. The third-order valence-electron chi connectivity index (χ3n) is 2.21. The van der Waals surface area contributed by atoms with E-state index in [4.69, 9.17) is 5.11 Å². The van der Waals surface area contributed by atoms with Gasteiger partial charge in [0.1, 0.15) is 0 Å². The van der Waals surface area contributed by atoms with Crippen molar-refractivity contribution in [1.29, 1.82) is 0 Å². The highest BCUT2D eigenvalue weighted by atomic mass is 32.2. The van der Waals surface area contributed by atoms with Crippen LogP contribution in [0.2, 0.25) is 0 Å². The molecule has 0 aromatic rings. The molecular formula is C10H19NO6S. The number of esters is 1. The van der Waals surface area contributed by atoms with Crippen LogP contribution in [0, 0.1) is 0 Å². The van der Waals surface area contributed by atoms with Gasteiger partial charge >= 0.3 is 11.9 Å². The van der Waals surface area contributed by atoms with Crippen molar-refractivity contribution in [3.05, 3.63) is 0 Å². The fraction of sp³-hybridized carbons (Fsp3) is 0.800. The number of hydrogen-bond acceptors (Lipinski definition) is 5. The molecule has 1 atom stereocenters. The predicted molar refractivity (Wildman–Crippen MR) is 64.5 cm³/mol. The van der Waals surface area contributed by atoms with Gasteiger partial charge in [-0.15, -0.1) is 0 Å². The average molecular weight is 281 g/mol. The summed E-state index contributed by atoms with van der Waals surface area (Å²) in [7, 11) is -2.49. The maximum atomic E-state index is 11.6.